The summed E-state index contributed by atoms with van der Waals surface area (Å²) in [4.78, 5) is 13.6. The van der Waals surface area contributed by atoms with Gasteiger partial charge in [-0.15, -0.1) is 0 Å². The van der Waals surface area contributed by atoms with Crippen LogP contribution in [-0.4, -0.2) is 61.8 Å². The summed E-state index contributed by atoms with van der Waals surface area (Å²) in [6.45, 7) is -0.0373. The number of methoxy groups -OCH3 is 2. The zero-order valence-corrected chi connectivity index (χ0v) is 26.9. The van der Waals surface area contributed by atoms with Crippen molar-refractivity contribution < 1.29 is 40.2 Å². The highest BCUT2D eigenvalue weighted by Gasteiger charge is 2.47. The molecule has 1 fully saturated rings. The Morgan fingerprint density at radius 1 is 1.00 bits per heavy atom. The molecule has 0 N–H and O–H groups in total. The van der Waals surface area contributed by atoms with E-state index >= 15 is 4.39 Å². The number of benzene rings is 2. The maximum Gasteiger partial charge on any atom is 0.391 e. The lowest BCUT2D eigenvalue weighted by Crippen LogP contribution is -2.44. The summed E-state index contributed by atoms with van der Waals surface area (Å²) in [5.74, 6) is -1.59. The first-order valence-corrected chi connectivity index (χ1v) is 16.6. The Balaban J connectivity index is 1.38. The molecule has 1 saturated heterocycles. The normalized spacial score (nSPS) is 20.0. The van der Waals surface area contributed by atoms with Gasteiger partial charge in [0.15, 0.2) is 0 Å². The molecule has 0 bridgehead atoms. The molecular weight excluding hydrogens is 654 g/mol. The maximum atomic E-state index is 16.2. The monoisotopic (exact) mass is 687 g/mol. The molecule has 4 aromatic rings. The highest BCUT2D eigenvalue weighted by Crippen LogP contribution is 2.48. The fourth-order valence-corrected chi connectivity index (χ4v) is 7.87. The van der Waals surface area contributed by atoms with Crippen LogP contribution in [0.5, 0.6) is 17.2 Å². The summed E-state index contributed by atoms with van der Waals surface area (Å²) in [6, 6.07) is 12.4. The fraction of sp³-hybridized carbons (Fsp3) is 0.364. The molecule has 2 aromatic heterocycles. The van der Waals surface area contributed by atoms with Crippen molar-refractivity contribution in [2.75, 3.05) is 31.7 Å². The van der Waals surface area contributed by atoms with Crippen LogP contribution in [0.15, 0.2) is 78.2 Å². The van der Waals surface area contributed by atoms with Gasteiger partial charge in [0.25, 0.3) is 10.0 Å². The van der Waals surface area contributed by atoms with Crippen LogP contribution in [0.1, 0.15) is 48.2 Å². The van der Waals surface area contributed by atoms with Crippen molar-refractivity contribution in [1.29, 1.82) is 0 Å². The molecule has 0 saturated carbocycles. The van der Waals surface area contributed by atoms with Crippen molar-refractivity contribution in [3.05, 3.63) is 96.0 Å². The molecule has 0 unspecified atom stereocenters. The Bertz CT molecular complexity index is 1850. The molecule has 2 aromatic carbocycles. The summed E-state index contributed by atoms with van der Waals surface area (Å²) in [7, 11) is -1.70. The number of sulfonamides is 1. The van der Waals surface area contributed by atoms with Crippen molar-refractivity contribution in [3.63, 3.8) is 0 Å². The molecule has 4 heterocycles. The van der Waals surface area contributed by atoms with E-state index in [4.69, 9.17) is 14.2 Å². The molecule has 0 aliphatic carbocycles. The first-order valence-electron chi connectivity index (χ1n) is 15.2. The predicted octanol–water partition coefficient (Wildman–Crippen LogP) is 6.26. The van der Waals surface area contributed by atoms with E-state index in [9.17, 15) is 21.6 Å². The van der Waals surface area contributed by atoms with Crippen molar-refractivity contribution in [3.8, 4) is 17.2 Å². The Morgan fingerprint density at radius 3 is 2.52 bits per heavy atom. The van der Waals surface area contributed by atoms with Gasteiger partial charge in [-0.1, -0.05) is 6.07 Å². The second kappa shape index (κ2) is 13.5. The van der Waals surface area contributed by atoms with Crippen molar-refractivity contribution >= 4 is 15.8 Å². The van der Waals surface area contributed by atoms with Crippen LogP contribution in [0.3, 0.4) is 0 Å². The molecule has 0 amide bonds. The number of aromatic nitrogens is 3. The van der Waals surface area contributed by atoms with Crippen molar-refractivity contribution in [2.24, 2.45) is 5.92 Å². The second-order valence-corrected chi connectivity index (χ2v) is 13.3. The van der Waals surface area contributed by atoms with Gasteiger partial charge in [0, 0.05) is 60.7 Å². The molecule has 3 atom stereocenters. The van der Waals surface area contributed by atoms with Crippen LogP contribution in [0.4, 0.5) is 23.4 Å². The molecule has 48 heavy (non-hydrogen) atoms. The smallest absolute Gasteiger partial charge is 0.391 e. The SMILES string of the molecule is COc1ccc(CN(c2ccncn2)S(=O)(=O)c2cc3c(cc2F)[C@@H](N2CC[C@@H](C(F)(F)F)C[C@H]2c2ccccn2)CCO3)c(OC)c1. The third kappa shape index (κ3) is 6.61. The lowest BCUT2D eigenvalue weighted by Gasteiger charge is -2.45. The van der Waals surface area contributed by atoms with E-state index < -0.39 is 44.9 Å². The van der Waals surface area contributed by atoms with Gasteiger partial charge in [0.1, 0.15) is 40.1 Å². The van der Waals surface area contributed by atoms with Crippen molar-refractivity contribution in [2.45, 2.75) is 49.0 Å². The summed E-state index contributed by atoms with van der Waals surface area (Å²) in [5.41, 5.74) is 1.29. The number of nitrogens with zero attached hydrogens (tertiary/aromatic N) is 5. The summed E-state index contributed by atoms with van der Waals surface area (Å²) < 4.78 is 104. The molecule has 0 radical (unpaired) electrons. The first kappa shape index (κ1) is 33.4. The Kier molecular flexibility index (Phi) is 9.43. The number of ether oxygens (including phenoxy) is 3. The number of rotatable bonds is 9. The average Bonchev–Trinajstić information content (AvgIpc) is 3.10. The van der Waals surface area contributed by atoms with Gasteiger partial charge >= 0.3 is 6.18 Å². The minimum Gasteiger partial charge on any atom is -0.497 e. The summed E-state index contributed by atoms with van der Waals surface area (Å²) >= 11 is 0. The van der Waals surface area contributed by atoms with E-state index in [1.165, 1.54) is 39.0 Å². The topological polar surface area (TPSA) is 107 Å². The Hall–Kier alpha value is -4.50. The summed E-state index contributed by atoms with van der Waals surface area (Å²) in [5, 5.41) is 0. The van der Waals surface area contributed by atoms with E-state index in [1.54, 1.807) is 36.4 Å². The number of hydrogen-bond acceptors (Lipinski definition) is 9. The van der Waals surface area contributed by atoms with E-state index in [-0.39, 0.29) is 44.1 Å². The minimum absolute atomic E-state index is 0.00970. The molecular formula is C33H33F4N5O5S. The molecule has 15 heteroatoms. The number of likely N-dealkylation sites (tertiary alicyclic amines) is 1. The van der Waals surface area contributed by atoms with E-state index in [1.807, 2.05) is 4.90 Å². The number of alkyl halides is 3. The standard InChI is InChI=1S/C33H33F4N5O5S/c1-45-23-7-6-21(29(16-23)46-2)19-42(32-8-12-38-20-40-32)48(43,44)31-18-30-24(17-25(31)34)27(10-14-47-30)41-13-9-22(33(35,36)37)15-28(41)26-5-3-4-11-39-26/h3-8,11-12,16-18,20,22,27-28H,9-10,13-15,19H2,1-2H3/t22-,27+,28+/m1/s1. The minimum atomic E-state index is -4.62. The van der Waals surface area contributed by atoms with Crippen LogP contribution in [0.25, 0.3) is 0 Å². The van der Waals surface area contributed by atoms with Gasteiger partial charge in [0.05, 0.1) is 45.0 Å². The van der Waals surface area contributed by atoms with E-state index in [0.29, 0.717) is 34.7 Å². The number of pyridine rings is 1. The number of anilines is 1. The molecule has 2 aliphatic rings. The quantitative estimate of drug-likeness (QED) is 0.189. The predicted molar refractivity (Wildman–Crippen MR) is 167 cm³/mol. The van der Waals surface area contributed by atoms with Crippen LogP contribution >= 0.6 is 0 Å². The lowest BCUT2D eigenvalue weighted by atomic mass is 9.85. The van der Waals surface area contributed by atoms with Crippen LogP contribution in [0, 0.1) is 11.7 Å². The van der Waals surface area contributed by atoms with Crippen LogP contribution in [-0.2, 0) is 16.6 Å². The number of halogens is 4. The second-order valence-electron chi connectivity index (χ2n) is 11.5. The Labute approximate surface area is 275 Å². The van der Waals surface area contributed by atoms with E-state index in [2.05, 4.69) is 15.0 Å². The number of piperidine rings is 1. The molecule has 6 rings (SSSR count). The molecule has 10 nitrogen and oxygen atoms in total. The lowest BCUT2D eigenvalue weighted by molar-refractivity contribution is -0.192. The number of hydrogen-bond donors (Lipinski definition) is 0. The molecule has 2 aliphatic heterocycles. The zero-order valence-electron chi connectivity index (χ0n) is 26.1. The fourth-order valence-electron chi connectivity index (χ4n) is 6.41. The van der Waals surface area contributed by atoms with Gasteiger partial charge in [0.2, 0.25) is 0 Å². The van der Waals surface area contributed by atoms with Crippen LogP contribution < -0.4 is 18.5 Å². The van der Waals surface area contributed by atoms with Gasteiger partial charge in [-0.2, -0.15) is 13.2 Å². The highest BCUT2D eigenvalue weighted by molar-refractivity contribution is 7.92. The zero-order chi connectivity index (χ0) is 34.1. The maximum absolute atomic E-state index is 16.2. The van der Waals surface area contributed by atoms with Gasteiger partial charge in [-0.05, 0) is 43.2 Å². The average molecular weight is 688 g/mol. The van der Waals surface area contributed by atoms with E-state index in [0.717, 1.165) is 16.4 Å². The summed E-state index contributed by atoms with van der Waals surface area (Å²) in [6.07, 6.45) is -0.254. The Morgan fingerprint density at radius 2 is 1.83 bits per heavy atom. The first-order chi connectivity index (χ1) is 23.0. The van der Waals surface area contributed by atoms with Gasteiger partial charge in [-0.3, -0.25) is 9.88 Å². The van der Waals surface area contributed by atoms with Crippen LogP contribution in [0.2, 0.25) is 0 Å². The molecule has 0 spiro atoms. The largest absolute Gasteiger partial charge is 0.497 e. The third-order valence-electron chi connectivity index (χ3n) is 8.81. The highest BCUT2D eigenvalue weighted by atomic mass is 32.2. The third-order valence-corrected chi connectivity index (χ3v) is 10.6. The number of fused-ring (bicyclic) bond motifs is 1. The van der Waals surface area contributed by atoms with Gasteiger partial charge < -0.3 is 14.2 Å². The molecule has 254 valence electrons. The van der Waals surface area contributed by atoms with Gasteiger partial charge in [-0.25, -0.2) is 27.1 Å². The van der Waals surface area contributed by atoms with Crippen molar-refractivity contribution in [1.82, 2.24) is 19.9 Å².